The number of nitrogens with one attached hydrogen (secondary N) is 1. The molecule has 0 aliphatic heterocycles. The third-order valence-electron chi connectivity index (χ3n) is 4.31. The Balaban J connectivity index is 1.86. The lowest BCUT2D eigenvalue weighted by Gasteiger charge is -2.09. The Labute approximate surface area is 162 Å². The Kier molecular flexibility index (Phi) is 5.62. The Morgan fingerprint density at radius 2 is 1.93 bits per heavy atom. The topological polar surface area (TPSA) is 103 Å². The van der Waals surface area contributed by atoms with E-state index in [-0.39, 0.29) is 17.1 Å². The van der Waals surface area contributed by atoms with Crippen molar-refractivity contribution in [2.75, 3.05) is 7.05 Å². The molecule has 7 nitrogen and oxygen atoms in total. The second-order valence-corrected chi connectivity index (χ2v) is 7.97. The summed E-state index contributed by atoms with van der Waals surface area (Å²) < 4.78 is 36.5. The fraction of sp³-hybridized carbons (Fsp3) is 0.200. The number of ether oxygens (including phenoxy) is 1. The van der Waals surface area contributed by atoms with Gasteiger partial charge in [0.15, 0.2) is 0 Å². The SMILES string of the molecule is CCc1ccc2c(COC(=O)c3cccc(S(=O)(=O)NC)c3)cc(=O)oc2c1. The van der Waals surface area contributed by atoms with Crippen LogP contribution in [-0.4, -0.2) is 21.4 Å². The van der Waals surface area contributed by atoms with Crippen molar-refractivity contribution in [3.63, 3.8) is 0 Å². The van der Waals surface area contributed by atoms with Crippen LogP contribution < -0.4 is 10.3 Å². The van der Waals surface area contributed by atoms with Crippen LogP contribution in [0.4, 0.5) is 0 Å². The van der Waals surface area contributed by atoms with Gasteiger partial charge >= 0.3 is 11.6 Å². The average molecular weight is 401 g/mol. The maximum absolute atomic E-state index is 12.4. The lowest BCUT2D eigenvalue weighted by atomic mass is 10.1. The third kappa shape index (κ3) is 4.13. The molecule has 0 aliphatic carbocycles. The van der Waals surface area contributed by atoms with Gasteiger partial charge in [0.05, 0.1) is 10.5 Å². The molecule has 0 atom stereocenters. The van der Waals surface area contributed by atoms with E-state index in [1.165, 1.54) is 37.4 Å². The number of hydrogen-bond acceptors (Lipinski definition) is 6. The summed E-state index contributed by atoms with van der Waals surface area (Å²) in [4.78, 5) is 24.2. The van der Waals surface area contributed by atoms with Crippen molar-refractivity contribution in [1.82, 2.24) is 4.72 Å². The maximum Gasteiger partial charge on any atom is 0.338 e. The fourth-order valence-corrected chi connectivity index (χ4v) is 3.52. The van der Waals surface area contributed by atoms with Crippen molar-refractivity contribution in [2.45, 2.75) is 24.8 Å². The number of sulfonamides is 1. The summed E-state index contributed by atoms with van der Waals surface area (Å²) in [6.45, 7) is 1.85. The van der Waals surface area contributed by atoms with E-state index in [0.717, 1.165) is 12.0 Å². The first-order chi connectivity index (χ1) is 13.3. The third-order valence-corrected chi connectivity index (χ3v) is 5.72. The molecule has 146 valence electrons. The van der Waals surface area contributed by atoms with Gasteiger partial charge in [-0.3, -0.25) is 0 Å². The molecule has 1 heterocycles. The first kappa shape index (κ1) is 19.8. The minimum atomic E-state index is -3.67. The highest BCUT2D eigenvalue weighted by atomic mass is 32.2. The Hall–Kier alpha value is -2.97. The molecule has 28 heavy (non-hydrogen) atoms. The van der Waals surface area contributed by atoms with Gasteiger partial charge < -0.3 is 9.15 Å². The molecule has 1 aromatic heterocycles. The highest BCUT2D eigenvalue weighted by Crippen LogP contribution is 2.20. The summed E-state index contributed by atoms with van der Waals surface area (Å²) in [6.07, 6.45) is 0.796. The molecule has 0 saturated carbocycles. The molecular formula is C20H19NO6S. The van der Waals surface area contributed by atoms with Gasteiger partial charge in [0.2, 0.25) is 10.0 Å². The number of rotatable bonds is 6. The molecule has 0 fully saturated rings. The largest absolute Gasteiger partial charge is 0.457 e. The molecular weight excluding hydrogens is 382 g/mol. The summed E-state index contributed by atoms with van der Waals surface area (Å²) in [6, 6.07) is 12.3. The van der Waals surface area contributed by atoms with Gasteiger partial charge in [0.1, 0.15) is 12.2 Å². The van der Waals surface area contributed by atoms with E-state index in [1.807, 2.05) is 19.1 Å². The number of carbonyl (C=O) groups excluding carboxylic acids is 1. The highest BCUT2D eigenvalue weighted by molar-refractivity contribution is 7.89. The lowest BCUT2D eigenvalue weighted by molar-refractivity contribution is 0.0473. The van der Waals surface area contributed by atoms with Crippen LogP contribution in [0.5, 0.6) is 0 Å². The molecule has 0 radical (unpaired) electrons. The standard InChI is InChI=1S/C20H19NO6S/c1-3-13-7-8-17-15(11-19(22)27-18(17)9-13)12-26-20(23)14-5-4-6-16(10-14)28(24,25)21-2/h4-11,21H,3,12H2,1-2H3. The normalized spacial score (nSPS) is 11.5. The monoisotopic (exact) mass is 401 g/mol. The van der Waals surface area contributed by atoms with Crippen molar-refractivity contribution in [2.24, 2.45) is 0 Å². The fourth-order valence-electron chi connectivity index (χ4n) is 2.75. The van der Waals surface area contributed by atoms with Gasteiger partial charge in [-0.2, -0.15) is 0 Å². The van der Waals surface area contributed by atoms with Crippen LogP contribution in [0.3, 0.4) is 0 Å². The molecule has 0 bridgehead atoms. The second-order valence-electron chi connectivity index (χ2n) is 6.09. The van der Waals surface area contributed by atoms with Crippen LogP contribution in [0, 0.1) is 0 Å². The summed E-state index contributed by atoms with van der Waals surface area (Å²) in [7, 11) is -2.39. The van der Waals surface area contributed by atoms with Crippen LogP contribution in [-0.2, 0) is 27.8 Å². The van der Waals surface area contributed by atoms with Crippen LogP contribution in [0.1, 0.15) is 28.4 Å². The minimum absolute atomic E-state index is 0.0395. The van der Waals surface area contributed by atoms with Gasteiger partial charge in [0, 0.05) is 17.0 Å². The summed E-state index contributed by atoms with van der Waals surface area (Å²) in [5.41, 5.74) is 1.53. The minimum Gasteiger partial charge on any atom is -0.457 e. The number of aryl methyl sites for hydroxylation is 1. The molecule has 0 unspecified atom stereocenters. The molecule has 3 rings (SSSR count). The first-order valence-electron chi connectivity index (χ1n) is 8.60. The number of carbonyl (C=O) groups is 1. The number of fused-ring (bicyclic) bond motifs is 1. The van der Waals surface area contributed by atoms with Gasteiger partial charge in [-0.15, -0.1) is 0 Å². The molecule has 1 N–H and O–H groups in total. The van der Waals surface area contributed by atoms with Gasteiger partial charge in [-0.1, -0.05) is 25.1 Å². The van der Waals surface area contributed by atoms with Crippen molar-refractivity contribution in [3.05, 3.63) is 75.6 Å². The van der Waals surface area contributed by atoms with Gasteiger partial charge in [-0.25, -0.2) is 22.7 Å². The van der Waals surface area contributed by atoms with E-state index < -0.39 is 21.6 Å². The zero-order valence-electron chi connectivity index (χ0n) is 15.4. The molecule has 0 amide bonds. The summed E-state index contributed by atoms with van der Waals surface area (Å²) >= 11 is 0. The van der Waals surface area contributed by atoms with Gasteiger partial charge in [0.25, 0.3) is 0 Å². The van der Waals surface area contributed by atoms with Crippen molar-refractivity contribution in [1.29, 1.82) is 0 Å². The molecule has 0 spiro atoms. The van der Waals surface area contributed by atoms with E-state index in [1.54, 1.807) is 6.07 Å². The maximum atomic E-state index is 12.4. The second kappa shape index (κ2) is 7.95. The Bertz CT molecular complexity index is 1200. The molecule has 3 aromatic rings. The van der Waals surface area contributed by atoms with Crippen LogP contribution in [0.15, 0.2) is 62.6 Å². The average Bonchev–Trinajstić information content (AvgIpc) is 2.71. The summed E-state index contributed by atoms with van der Waals surface area (Å²) in [5, 5.41) is 0.677. The molecule has 8 heteroatoms. The Morgan fingerprint density at radius 1 is 1.14 bits per heavy atom. The van der Waals surface area contributed by atoms with Crippen molar-refractivity contribution >= 4 is 27.0 Å². The van der Waals surface area contributed by atoms with Crippen LogP contribution >= 0.6 is 0 Å². The molecule has 0 aliphatic rings. The molecule has 2 aromatic carbocycles. The van der Waals surface area contributed by atoms with Crippen molar-refractivity contribution < 1.29 is 22.4 Å². The van der Waals surface area contributed by atoms with E-state index in [0.29, 0.717) is 16.5 Å². The Morgan fingerprint density at radius 3 is 2.64 bits per heavy atom. The number of hydrogen-bond donors (Lipinski definition) is 1. The van der Waals surface area contributed by atoms with E-state index in [4.69, 9.17) is 9.15 Å². The highest BCUT2D eigenvalue weighted by Gasteiger charge is 2.16. The van der Waals surface area contributed by atoms with Crippen LogP contribution in [0.2, 0.25) is 0 Å². The van der Waals surface area contributed by atoms with E-state index >= 15 is 0 Å². The zero-order chi connectivity index (χ0) is 20.3. The summed E-state index contributed by atoms with van der Waals surface area (Å²) in [5.74, 6) is -0.695. The predicted octanol–water partition coefficient (Wildman–Crippen LogP) is 2.62. The quantitative estimate of drug-likeness (QED) is 0.503. The smallest absolute Gasteiger partial charge is 0.338 e. The number of benzene rings is 2. The van der Waals surface area contributed by atoms with E-state index in [2.05, 4.69) is 4.72 Å². The molecule has 0 saturated heterocycles. The number of esters is 1. The predicted molar refractivity (Wildman–Crippen MR) is 104 cm³/mol. The lowest BCUT2D eigenvalue weighted by Crippen LogP contribution is -2.19. The van der Waals surface area contributed by atoms with Crippen LogP contribution in [0.25, 0.3) is 11.0 Å². The van der Waals surface area contributed by atoms with Crippen molar-refractivity contribution in [3.8, 4) is 0 Å². The van der Waals surface area contributed by atoms with E-state index in [9.17, 15) is 18.0 Å². The zero-order valence-corrected chi connectivity index (χ0v) is 16.2. The van der Waals surface area contributed by atoms with Gasteiger partial charge in [-0.05, 0) is 43.3 Å². The first-order valence-corrected chi connectivity index (χ1v) is 10.1.